The van der Waals surface area contributed by atoms with E-state index in [9.17, 15) is 4.79 Å². The Bertz CT molecular complexity index is 743. The summed E-state index contributed by atoms with van der Waals surface area (Å²) in [6.07, 6.45) is 3.72. The van der Waals surface area contributed by atoms with Crippen molar-refractivity contribution in [3.05, 3.63) is 36.4 Å². The molecule has 1 aliphatic rings. The molecule has 0 radical (unpaired) electrons. The van der Waals surface area contributed by atoms with Crippen LogP contribution in [0.15, 0.2) is 36.4 Å². The lowest BCUT2D eigenvalue weighted by Crippen LogP contribution is -2.47. The average Bonchev–Trinajstić information content (AvgIpc) is 2.61. The van der Waals surface area contributed by atoms with E-state index >= 15 is 0 Å². The predicted molar refractivity (Wildman–Crippen MR) is 96.5 cm³/mol. The molecule has 1 aliphatic carbocycles. The van der Waals surface area contributed by atoms with E-state index in [0.29, 0.717) is 5.92 Å². The van der Waals surface area contributed by atoms with E-state index in [-0.39, 0.29) is 5.91 Å². The standard InChI is InChI=1S/C20H25NO3/c1-14-7-6-12-20(13-14,24-3)19(22)21-17-10-11-18(23-2)16-9-5-4-8-15(16)17/h4-5,8-11,14H,6-7,12-13H2,1-3H3,(H,21,22)/t14-,20-/m0/s1. The van der Waals surface area contributed by atoms with Crippen LogP contribution in [0.5, 0.6) is 5.75 Å². The summed E-state index contributed by atoms with van der Waals surface area (Å²) in [6, 6.07) is 11.7. The van der Waals surface area contributed by atoms with Crippen molar-refractivity contribution in [3.8, 4) is 5.75 Å². The van der Waals surface area contributed by atoms with Crippen LogP contribution in [0, 0.1) is 5.92 Å². The van der Waals surface area contributed by atoms with Gasteiger partial charge in [-0.1, -0.05) is 37.6 Å². The van der Waals surface area contributed by atoms with E-state index in [1.807, 2.05) is 36.4 Å². The van der Waals surface area contributed by atoms with Gasteiger partial charge in [0.25, 0.3) is 5.91 Å². The van der Waals surface area contributed by atoms with E-state index in [1.165, 1.54) is 0 Å². The van der Waals surface area contributed by atoms with Gasteiger partial charge in [-0.2, -0.15) is 0 Å². The Balaban J connectivity index is 1.93. The summed E-state index contributed by atoms with van der Waals surface area (Å²) in [5, 5.41) is 5.06. The summed E-state index contributed by atoms with van der Waals surface area (Å²) >= 11 is 0. The molecule has 2 atom stereocenters. The third kappa shape index (κ3) is 2.98. The molecule has 24 heavy (non-hydrogen) atoms. The summed E-state index contributed by atoms with van der Waals surface area (Å²) < 4.78 is 11.1. The van der Waals surface area contributed by atoms with Gasteiger partial charge < -0.3 is 14.8 Å². The molecule has 2 aromatic rings. The van der Waals surface area contributed by atoms with Crippen molar-refractivity contribution in [1.29, 1.82) is 0 Å². The number of carbonyl (C=O) groups excluding carboxylic acids is 1. The molecular weight excluding hydrogens is 302 g/mol. The fraction of sp³-hybridized carbons (Fsp3) is 0.450. The number of benzene rings is 2. The fourth-order valence-electron chi connectivity index (χ4n) is 3.78. The highest BCUT2D eigenvalue weighted by Crippen LogP contribution is 2.37. The molecule has 1 fully saturated rings. The molecule has 0 aliphatic heterocycles. The van der Waals surface area contributed by atoms with Crippen LogP contribution in [0.4, 0.5) is 5.69 Å². The molecule has 1 N–H and O–H groups in total. The number of ether oxygens (including phenoxy) is 2. The van der Waals surface area contributed by atoms with E-state index in [1.54, 1.807) is 14.2 Å². The molecule has 0 saturated heterocycles. The van der Waals surface area contributed by atoms with Crippen molar-refractivity contribution >= 4 is 22.4 Å². The van der Waals surface area contributed by atoms with Crippen molar-refractivity contribution in [2.24, 2.45) is 5.92 Å². The largest absolute Gasteiger partial charge is 0.496 e. The zero-order valence-corrected chi connectivity index (χ0v) is 14.6. The summed E-state index contributed by atoms with van der Waals surface area (Å²) in [5.74, 6) is 1.25. The minimum Gasteiger partial charge on any atom is -0.496 e. The molecule has 4 heteroatoms. The van der Waals surface area contributed by atoms with Gasteiger partial charge in [0, 0.05) is 23.6 Å². The minimum atomic E-state index is -0.724. The molecule has 0 bridgehead atoms. The summed E-state index contributed by atoms with van der Waals surface area (Å²) in [6.45, 7) is 2.18. The lowest BCUT2D eigenvalue weighted by Gasteiger charge is -2.37. The second-order valence-corrected chi connectivity index (χ2v) is 6.72. The number of anilines is 1. The van der Waals surface area contributed by atoms with Crippen molar-refractivity contribution in [3.63, 3.8) is 0 Å². The quantitative estimate of drug-likeness (QED) is 0.906. The summed E-state index contributed by atoms with van der Waals surface area (Å²) in [7, 11) is 3.30. The normalized spacial score (nSPS) is 23.9. The molecule has 0 spiro atoms. The van der Waals surface area contributed by atoms with E-state index in [2.05, 4.69) is 12.2 Å². The van der Waals surface area contributed by atoms with Gasteiger partial charge >= 0.3 is 0 Å². The summed E-state index contributed by atoms with van der Waals surface area (Å²) in [5.41, 5.74) is 0.0738. The second-order valence-electron chi connectivity index (χ2n) is 6.72. The van der Waals surface area contributed by atoms with Gasteiger partial charge in [-0.25, -0.2) is 0 Å². The molecule has 2 aromatic carbocycles. The first-order valence-corrected chi connectivity index (χ1v) is 8.52. The molecule has 4 nitrogen and oxygen atoms in total. The molecule has 1 saturated carbocycles. The van der Waals surface area contributed by atoms with Crippen LogP contribution in [0.3, 0.4) is 0 Å². The first-order valence-electron chi connectivity index (χ1n) is 8.52. The van der Waals surface area contributed by atoms with Crippen LogP contribution < -0.4 is 10.1 Å². The Hall–Kier alpha value is -2.07. The summed E-state index contributed by atoms with van der Waals surface area (Å²) in [4.78, 5) is 13.0. The van der Waals surface area contributed by atoms with Crippen LogP contribution in [0.1, 0.15) is 32.6 Å². The van der Waals surface area contributed by atoms with Gasteiger partial charge in [0.2, 0.25) is 0 Å². The minimum absolute atomic E-state index is 0.0492. The van der Waals surface area contributed by atoms with Gasteiger partial charge in [0.1, 0.15) is 11.4 Å². The Morgan fingerprint density at radius 3 is 2.58 bits per heavy atom. The van der Waals surface area contributed by atoms with E-state index in [0.717, 1.165) is 47.9 Å². The number of fused-ring (bicyclic) bond motifs is 1. The highest BCUT2D eigenvalue weighted by Gasteiger charge is 2.42. The Kier molecular flexibility index (Phi) is 4.76. The van der Waals surface area contributed by atoms with Crippen LogP contribution in [0.25, 0.3) is 10.8 Å². The lowest BCUT2D eigenvalue weighted by molar-refractivity contribution is -0.143. The third-order valence-electron chi connectivity index (χ3n) is 5.11. The third-order valence-corrected chi connectivity index (χ3v) is 5.11. The lowest BCUT2D eigenvalue weighted by atomic mass is 9.78. The topological polar surface area (TPSA) is 47.6 Å². The monoisotopic (exact) mass is 327 g/mol. The SMILES string of the molecule is COc1ccc(NC(=O)[C@]2(OC)CCC[C@H](C)C2)c2ccccc12. The Labute approximate surface area is 143 Å². The van der Waals surface area contributed by atoms with Crippen molar-refractivity contribution in [1.82, 2.24) is 0 Å². The van der Waals surface area contributed by atoms with E-state index in [4.69, 9.17) is 9.47 Å². The number of methoxy groups -OCH3 is 2. The van der Waals surface area contributed by atoms with Gasteiger partial charge in [-0.15, -0.1) is 0 Å². The number of carbonyl (C=O) groups is 1. The van der Waals surface area contributed by atoms with Crippen LogP contribution in [-0.2, 0) is 9.53 Å². The number of rotatable bonds is 4. The second kappa shape index (κ2) is 6.81. The maximum Gasteiger partial charge on any atom is 0.256 e. The first-order chi connectivity index (χ1) is 11.6. The zero-order valence-electron chi connectivity index (χ0n) is 14.6. The number of hydrogen-bond donors (Lipinski definition) is 1. The Morgan fingerprint density at radius 2 is 1.92 bits per heavy atom. The van der Waals surface area contributed by atoms with Crippen molar-refractivity contribution < 1.29 is 14.3 Å². The predicted octanol–water partition coefficient (Wildman–Crippen LogP) is 4.38. The molecular formula is C20H25NO3. The Morgan fingerprint density at radius 1 is 1.17 bits per heavy atom. The average molecular weight is 327 g/mol. The number of hydrogen-bond acceptors (Lipinski definition) is 3. The number of amides is 1. The molecule has 128 valence electrons. The highest BCUT2D eigenvalue weighted by molar-refractivity contribution is 6.06. The molecule has 0 heterocycles. The molecule has 1 amide bonds. The van der Waals surface area contributed by atoms with E-state index < -0.39 is 5.60 Å². The fourth-order valence-corrected chi connectivity index (χ4v) is 3.78. The van der Waals surface area contributed by atoms with Crippen molar-refractivity contribution in [2.75, 3.05) is 19.5 Å². The molecule has 3 rings (SSSR count). The highest BCUT2D eigenvalue weighted by atomic mass is 16.5. The maximum atomic E-state index is 13.0. The van der Waals surface area contributed by atoms with Crippen molar-refractivity contribution in [2.45, 2.75) is 38.2 Å². The smallest absolute Gasteiger partial charge is 0.256 e. The van der Waals surface area contributed by atoms with Crippen LogP contribution >= 0.6 is 0 Å². The van der Waals surface area contributed by atoms with Gasteiger partial charge in [0.05, 0.1) is 7.11 Å². The van der Waals surface area contributed by atoms with Gasteiger partial charge in [0.15, 0.2) is 0 Å². The van der Waals surface area contributed by atoms with Crippen LogP contribution in [0.2, 0.25) is 0 Å². The zero-order chi connectivity index (χ0) is 17.2. The molecule has 0 aromatic heterocycles. The van der Waals surface area contributed by atoms with Crippen LogP contribution in [-0.4, -0.2) is 25.7 Å². The van der Waals surface area contributed by atoms with Gasteiger partial charge in [-0.3, -0.25) is 4.79 Å². The van der Waals surface area contributed by atoms with Gasteiger partial charge in [-0.05, 0) is 37.3 Å². The maximum absolute atomic E-state index is 13.0. The molecule has 0 unspecified atom stereocenters. The number of nitrogens with one attached hydrogen (secondary N) is 1. The first kappa shape index (κ1) is 16.8.